The molecule has 1 N–H and O–H groups in total. The first kappa shape index (κ1) is 13.6. The van der Waals surface area contributed by atoms with E-state index in [-0.39, 0.29) is 12.4 Å². The lowest BCUT2D eigenvalue weighted by Crippen LogP contribution is -2.08. The number of benzene rings is 1. The molecule has 4 heteroatoms. The van der Waals surface area contributed by atoms with E-state index in [1.54, 1.807) is 0 Å². The molecule has 0 atom stereocenters. The number of halogens is 1. The summed E-state index contributed by atoms with van der Waals surface area (Å²) < 4.78 is 1.88. The summed E-state index contributed by atoms with van der Waals surface area (Å²) in [6, 6.07) is 12.5. The number of nitrogens with zero attached hydrogens (tertiary/aromatic N) is 2. The molecule has 0 aliphatic rings. The van der Waals surface area contributed by atoms with Gasteiger partial charge < -0.3 is 5.32 Å². The molecule has 2 rings (SSSR count). The van der Waals surface area contributed by atoms with Crippen LogP contribution in [-0.4, -0.2) is 16.3 Å². The third-order valence-electron chi connectivity index (χ3n) is 2.56. The van der Waals surface area contributed by atoms with Crippen LogP contribution < -0.4 is 5.32 Å². The number of nitrogens with one attached hydrogen (secondary N) is 1. The molecule has 0 saturated heterocycles. The van der Waals surface area contributed by atoms with Crippen molar-refractivity contribution in [1.29, 1.82) is 0 Å². The molecule has 2 aromatic rings. The Labute approximate surface area is 108 Å². The molecule has 1 heterocycles. The van der Waals surface area contributed by atoms with Crippen molar-refractivity contribution in [3.8, 4) is 0 Å². The molecule has 0 spiro atoms. The average Bonchev–Trinajstić information content (AvgIpc) is 2.59. The summed E-state index contributed by atoms with van der Waals surface area (Å²) in [7, 11) is 1.96. The topological polar surface area (TPSA) is 29.9 Å². The van der Waals surface area contributed by atoms with E-state index in [0.29, 0.717) is 0 Å². The molecule has 0 radical (unpaired) electrons. The van der Waals surface area contributed by atoms with Crippen LogP contribution in [0.15, 0.2) is 36.4 Å². The zero-order valence-corrected chi connectivity index (χ0v) is 11.0. The van der Waals surface area contributed by atoms with E-state index >= 15 is 0 Å². The molecule has 0 amide bonds. The van der Waals surface area contributed by atoms with Crippen molar-refractivity contribution in [2.24, 2.45) is 7.05 Å². The number of hydrogen-bond acceptors (Lipinski definition) is 2. The van der Waals surface area contributed by atoms with E-state index in [1.165, 1.54) is 5.56 Å². The fourth-order valence-corrected chi connectivity index (χ4v) is 1.76. The second-order valence-corrected chi connectivity index (χ2v) is 3.96. The Bertz CT molecular complexity index is 451. The number of aryl methyl sites for hydroxylation is 2. The lowest BCUT2D eigenvalue weighted by atomic mass is 10.1. The largest absolute Gasteiger partial charge is 0.370 e. The van der Waals surface area contributed by atoms with Crippen LogP contribution in [0.5, 0.6) is 0 Å². The van der Waals surface area contributed by atoms with Gasteiger partial charge in [0, 0.05) is 19.7 Å². The van der Waals surface area contributed by atoms with Crippen molar-refractivity contribution in [3.05, 3.63) is 47.7 Å². The smallest absolute Gasteiger partial charge is 0.124 e. The summed E-state index contributed by atoms with van der Waals surface area (Å²) in [5, 5.41) is 7.67. The summed E-state index contributed by atoms with van der Waals surface area (Å²) in [5.41, 5.74) is 2.40. The number of aromatic nitrogens is 2. The maximum atomic E-state index is 4.29. The minimum Gasteiger partial charge on any atom is -0.370 e. The van der Waals surface area contributed by atoms with E-state index in [9.17, 15) is 0 Å². The van der Waals surface area contributed by atoms with Crippen molar-refractivity contribution in [1.82, 2.24) is 9.78 Å². The SMILES string of the molecule is Cc1cc(NCCc2ccccc2)n(C)n1.Cl. The van der Waals surface area contributed by atoms with Crippen molar-refractivity contribution in [3.63, 3.8) is 0 Å². The van der Waals surface area contributed by atoms with Gasteiger partial charge in [-0.2, -0.15) is 5.10 Å². The van der Waals surface area contributed by atoms with Gasteiger partial charge in [0.25, 0.3) is 0 Å². The maximum Gasteiger partial charge on any atom is 0.124 e. The van der Waals surface area contributed by atoms with Gasteiger partial charge in [-0.15, -0.1) is 12.4 Å². The quantitative estimate of drug-likeness (QED) is 0.906. The van der Waals surface area contributed by atoms with Crippen LogP contribution in [0.3, 0.4) is 0 Å². The Hall–Kier alpha value is -1.48. The molecule has 0 aliphatic carbocycles. The molecule has 0 aliphatic heterocycles. The van der Waals surface area contributed by atoms with Gasteiger partial charge in [0.05, 0.1) is 5.69 Å². The van der Waals surface area contributed by atoms with Gasteiger partial charge in [-0.1, -0.05) is 30.3 Å². The fraction of sp³-hybridized carbons (Fsp3) is 0.308. The minimum absolute atomic E-state index is 0. The van der Waals surface area contributed by atoms with E-state index < -0.39 is 0 Å². The zero-order valence-electron chi connectivity index (χ0n) is 10.2. The summed E-state index contributed by atoms with van der Waals surface area (Å²) in [6.45, 7) is 2.94. The van der Waals surface area contributed by atoms with Crippen molar-refractivity contribution in [2.45, 2.75) is 13.3 Å². The number of rotatable bonds is 4. The van der Waals surface area contributed by atoms with Crippen LogP contribution in [0.4, 0.5) is 5.82 Å². The average molecular weight is 252 g/mol. The molecular formula is C13H18ClN3. The van der Waals surface area contributed by atoms with Gasteiger partial charge in [0.2, 0.25) is 0 Å². The first-order valence-electron chi connectivity index (χ1n) is 5.54. The first-order chi connectivity index (χ1) is 7.75. The Morgan fingerprint density at radius 3 is 2.53 bits per heavy atom. The van der Waals surface area contributed by atoms with Gasteiger partial charge in [-0.05, 0) is 18.9 Å². The molecular weight excluding hydrogens is 234 g/mol. The second kappa shape index (κ2) is 6.30. The standard InChI is InChI=1S/C13H17N3.ClH/c1-11-10-13(16(2)15-11)14-9-8-12-6-4-3-5-7-12;/h3-7,10,14H,8-9H2,1-2H3;1H. The highest BCUT2D eigenvalue weighted by Crippen LogP contribution is 2.08. The highest BCUT2D eigenvalue weighted by Gasteiger charge is 2.00. The normalized spacial score (nSPS) is 9.76. The lowest BCUT2D eigenvalue weighted by molar-refractivity contribution is 0.757. The molecule has 1 aromatic heterocycles. The third-order valence-corrected chi connectivity index (χ3v) is 2.56. The van der Waals surface area contributed by atoms with Gasteiger partial charge in [0.15, 0.2) is 0 Å². The fourth-order valence-electron chi connectivity index (χ4n) is 1.76. The zero-order chi connectivity index (χ0) is 11.4. The Balaban J connectivity index is 0.00000144. The van der Waals surface area contributed by atoms with E-state index in [0.717, 1.165) is 24.5 Å². The molecule has 0 bridgehead atoms. The van der Waals surface area contributed by atoms with Crippen LogP contribution in [0, 0.1) is 6.92 Å². The van der Waals surface area contributed by atoms with Crippen LogP contribution in [0.2, 0.25) is 0 Å². The van der Waals surface area contributed by atoms with E-state index in [1.807, 2.05) is 24.7 Å². The van der Waals surface area contributed by atoms with Gasteiger partial charge in [-0.3, -0.25) is 4.68 Å². The molecule has 0 fully saturated rings. The van der Waals surface area contributed by atoms with Gasteiger partial charge in [0.1, 0.15) is 5.82 Å². The van der Waals surface area contributed by atoms with Gasteiger partial charge in [-0.25, -0.2) is 0 Å². The predicted octanol–water partition coefficient (Wildman–Crippen LogP) is 2.80. The predicted molar refractivity (Wildman–Crippen MR) is 73.8 cm³/mol. The van der Waals surface area contributed by atoms with Crippen molar-refractivity contribution < 1.29 is 0 Å². The highest BCUT2D eigenvalue weighted by atomic mass is 35.5. The number of hydrogen-bond donors (Lipinski definition) is 1. The maximum absolute atomic E-state index is 4.29. The number of anilines is 1. The highest BCUT2D eigenvalue weighted by molar-refractivity contribution is 5.85. The van der Waals surface area contributed by atoms with Gasteiger partial charge >= 0.3 is 0 Å². The first-order valence-corrected chi connectivity index (χ1v) is 5.54. The van der Waals surface area contributed by atoms with Crippen LogP contribution in [-0.2, 0) is 13.5 Å². The molecule has 0 unspecified atom stereocenters. The van der Waals surface area contributed by atoms with E-state index in [2.05, 4.69) is 40.7 Å². The molecule has 0 saturated carbocycles. The summed E-state index contributed by atoms with van der Waals surface area (Å²) in [6.07, 6.45) is 1.03. The van der Waals surface area contributed by atoms with Crippen LogP contribution in [0.1, 0.15) is 11.3 Å². The van der Waals surface area contributed by atoms with Crippen molar-refractivity contribution in [2.75, 3.05) is 11.9 Å². The second-order valence-electron chi connectivity index (χ2n) is 3.96. The monoisotopic (exact) mass is 251 g/mol. The van der Waals surface area contributed by atoms with Crippen molar-refractivity contribution >= 4 is 18.2 Å². The minimum atomic E-state index is 0. The van der Waals surface area contributed by atoms with Crippen LogP contribution in [0.25, 0.3) is 0 Å². The molecule has 17 heavy (non-hydrogen) atoms. The molecule has 1 aromatic carbocycles. The lowest BCUT2D eigenvalue weighted by Gasteiger charge is -2.05. The Kier molecular flexibility index (Phi) is 5.04. The third kappa shape index (κ3) is 3.79. The molecule has 3 nitrogen and oxygen atoms in total. The van der Waals surface area contributed by atoms with Crippen LogP contribution >= 0.6 is 12.4 Å². The summed E-state index contributed by atoms with van der Waals surface area (Å²) in [5.74, 6) is 1.08. The molecule has 92 valence electrons. The Morgan fingerprint density at radius 2 is 1.94 bits per heavy atom. The summed E-state index contributed by atoms with van der Waals surface area (Å²) in [4.78, 5) is 0. The van der Waals surface area contributed by atoms with E-state index in [4.69, 9.17) is 0 Å². The Morgan fingerprint density at radius 1 is 1.24 bits per heavy atom. The summed E-state index contributed by atoms with van der Waals surface area (Å²) >= 11 is 0.